The third-order valence-electron chi connectivity index (χ3n) is 3.03. The first-order valence-electron chi connectivity index (χ1n) is 6.15. The van der Waals surface area contributed by atoms with Gasteiger partial charge in [-0.1, -0.05) is 0 Å². The van der Waals surface area contributed by atoms with Gasteiger partial charge in [0.05, 0.1) is 16.4 Å². The summed E-state index contributed by atoms with van der Waals surface area (Å²) in [5.74, 6) is 0. The van der Waals surface area contributed by atoms with E-state index >= 15 is 0 Å². The molecule has 0 atom stereocenters. The van der Waals surface area contributed by atoms with Crippen LogP contribution in [0.15, 0.2) is 23.1 Å². The lowest BCUT2D eigenvalue weighted by molar-refractivity contribution is -0.384. The van der Waals surface area contributed by atoms with Gasteiger partial charge in [-0.2, -0.15) is 13.2 Å². The number of nitro benzene ring substituents is 1. The molecule has 0 spiro atoms. The Morgan fingerprint density at radius 2 is 1.95 bits per heavy atom. The van der Waals surface area contributed by atoms with Gasteiger partial charge in [0.25, 0.3) is 15.5 Å². The molecule has 122 valence electrons. The van der Waals surface area contributed by atoms with Crippen LogP contribution in [-0.2, 0) is 14.7 Å². The fourth-order valence-electron chi connectivity index (χ4n) is 1.95. The van der Waals surface area contributed by atoms with Gasteiger partial charge in [-0.15, -0.1) is 0 Å². The van der Waals surface area contributed by atoms with E-state index < -0.39 is 30.9 Å². The molecule has 1 fully saturated rings. The Kier molecular flexibility index (Phi) is 4.29. The first kappa shape index (κ1) is 16.5. The van der Waals surface area contributed by atoms with E-state index in [9.17, 15) is 31.7 Å². The lowest BCUT2D eigenvalue weighted by Crippen LogP contribution is -2.30. The summed E-state index contributed by atoms with van der Waals surface area (Å²) in [5, 5.41) is 12.2. The molecular formula is C11H11F3N2O5S. The van der Waals surface area contributed by atoms with Gasteiger partial charge in [0, 0.05) is 12.6 Å². The molecule has 1 aliphatic rings. The summed E-state index contributed by atoms with van der Waals surface area (Å²) in [6.45, 7) is 0.645. The van der Waals surface area contributed by atoms with Crippen molar-refractivity contribution in [3.63, 3.8) is 0 Å². The molecule has 1 aromatic carbocycles. The number of halogens is 3. The molecule has 1 aliphatic heterocycles. The third kappa shape index (κ3) is 2.99. The van der Waals surface area contributed by atoms with Gasteiger partial charge in [0.15, 0.2) is 0 Å². The lowest BCUT2D eigenvalue weighted by Gasteiger charge is -2.27. The van der Waals surface area contributed by atoms with Crippen LogP contribution in [0.5, 0.6) is 0 Å². The zero-order valence-electron chi connectivity index (χ0n) is 11.0. The van der Waals surface area contributed by atoms with Gasteiger partial charge < -0.3 is 0 Å². The molecule has 7 nitrogen and oxygen atoms in total. The topological polar surface area (TPSA) is 89.8 Å². The Morgan fingerprint density at radius 3 is 2.45 bits per heavy atom. The predicted octanol–water partition coefficient (Wildman–Crippen LogP) is 2.42. The summed E-state index contributed by atoms with van der Waals surface area (Å²) in [4.78, 5) is 14.1. The SMILES string of the molecule is O=[N+]([O-])c1cc(S(=O)(=O)C(F)(F)F)ccc1N1CCCCO1. The average molecular weight is 340 g/mol. The molecular weight excluding hydrogens is 329 g/mol. The molecule has 1 saturated heterocycles. The largest absolute Gasteiger partial charge is 0.501 e. The van der Waals surface area contributed by atoms with Gasteiger partial charge >= 0.3 is 5.51 Å². The zero-order valence-corrected chi connectivity index (χ0v) is 11.9. The molecule has 11 heteroatoms. The highest BCUT2D eigenvalue weighted by Crippen LogP contribution is 2.36. The number of nitro groups is 1. The molecule has 1 heterocycles. The number of benzene rings is 1. The molecule has 0 unspecified atom stereocenters. The highest BCUT2D eigenvalue weighted by molar-refractivity contribution is 7.92. The number of hydroxylamine groups is 1. The van der Waals surface area contributed by atoms with Crippen LogP contribution in [0.2, 0.25) is 0 Å². The van der Waals surface area contributed by atoms with Crippen molar-refractivity contribution in [2.75, 3.05) is 18.2 Å². The van der Waals surface area contributed by atoms with E-state index in [2.05, 4.69) is 0 Å². The Labute approximate surface area is 123 Å². The Balaban J connectivity index is 2.50. The molecule has 0 N–H and O–H groups in total. The molecule has 22 heavy (non-hydrogen) atoms. The van der Waals surface area contributed by atoms with Crippen LogP contribution >= 0.6 is 0 Å². The van der Waals surface area contributed by atoms with Gasteiger partial charge in [0.2, 0.25) is 0 Å². The fraction of sp³-hybridized carbons (Fsp3) is 0.455. The Morgan fingerprint density at radius 1 is 1.27 bits per heavy atom. The molecule has 0 bridgehead atoms. The quantitative estimate of drug-likeness (QED) is 0.620. The minimum absolute atomic E-state index is 0.0779. The van der Waals surface area contributed by atoms with Crippen LogP contribution in [-0.4, -0.2) is 32.0 Å². The summed E-state index contributed by atoms with van der Waals surface area (Å²) in [5.41, 5.74) is -6.36. The van der Waals surface area contributed by atoms with E-state index in [0.29, 0.717) is 31.7 Å². The molecule has 0 aliphatic carbocycles. The third-order valence-corrected chi connectivity index (χ3v) is 4.51. The number of nitrogens with zero attached hydrogens (tertiary/aromatic N) is 2. The van der Waals surface area contributed by atoms with E-state index in [-0.39, 0.29) is 5.69 Å². The highest BCUT2D eigenvalue weighted by Gasteiger charge is 2.47. The number of hydrogen-bond acceptors (Lipinski definition) is 6. The first-order chi connectivity index (χ1) is 10.1. The molecule has 2 rings (SSSR count). The molecule has 1 aromatic rings. The van der Waals surface area contributed by atoms with Gasteiger partial charge in [-0.05, 0) is 25.0 Å². The molecule has 0 saturated carbocycles. The lowest BCUT2D eigenvalue weighted by atomic mass is 10.2. The van der Waals surface area contributed by atoms with Crippen molar-refractivity contribution < 1.29 is 31.3 Å². The van der Waals surface area contributed by atoms with Crippen molar-refractivity contribution in [3.05, 3.63) is 28.3 Å². The molecule has 0 aromatic heterocycles. The monoisotopic (exact) mass is 340 g/mol. The summed E-state index contributed by atoms with van der Waals surface area (Å²) in [7, 11) is -5.64. The van der Waals surface area contributed by atoms with Crippen LogP contribution in [0.1, 0.15) is 12.8 Å². The van der Waals surface area contributed by atoms with Crippen LogP contribution in [0, 0.1) is 10.1 Å². The van der Waals surface area contributed by atoms with Crippen LogP contribution in [0.4, 0.5) is 24.5 Å². The van der Waals surface area contributed by atoms with Gasteiger partial charge in [-0.3, -0.25) is 15.0 Å². The Bertz CT molecular complexity index is 683. The maximum absolute atomic E-state index is 12.5. The molecule has 0 amide bonds. The van der Waals surface area contributed by atoms with Crippen molar-refractivity contribution in [2.24, 2.45) is 0 Å². The summed E-state index contributed by atoms with van der Waals surface area (Å²) >= 11 is 0. The van der Waals surface area contributed by atoms with E-state index in [0.717, 1.165) is 12.5 Å². The van der Waals surface area contributed by atoms with Crippen molar-refractivity contribution in [2.45, 2.75) is 23.2 Å². The number of rotatable bonds is 3. The maximum atomic E-state index is 12.5. The van der Waals surface area contributed by atoms with Crippen LogP contribution < -0.4 is 5.06 Å². The normalized spacial score (nSPS) is 16.6. The minimum atomic E-state index is -5.64. The van der Waals surface area contributed by atoms with E-state index in [1.54, 1.807) is 0 Å². The number of alkyl halides is 3. The second-order valence-corrected chi connectivity index (χ2v) is 6.44. The van der Waals surface area contributed by atoms with Crippen molar-refractivity contribution in [1.82, 2.24) is 0 Å². The first-order valence-corrected chi connectivity index (χ1v) is 7.63. The Hall–Kier alpha value is -1.88. The number of hydrogen-bond donors (Lipinski definition) is 0. The van der Waals surface area contributed by atoms with E-state index in [4.69, 9.17) is 4.84 Å². The predicted molar refractivity (Wildman–Crippen MR) is 68.9 cm³/mol. The van der Waals surface area contributed by atoms with Crippen LogP contribution in [0.25, 0.3) is 0 Å². The standard InChI is InChI=1S/C11H11F3N2O5S/c12-11(13,14)22(19,20)8-3-4-9(10(7-8)16(17)18)15-5-1-2-6-21-15/h3-4,7H,1-2,5-6H2. The van der Waals surface area contributed by atoms with Crippen molar-refractivity contribution in [3.8, 4) is 0 Å². The van der Waals surface area contributed by atoms with E-state index in [1.807, 2.05) is 0 Å². The fourth-order valence-corrected chi connectivity index (χ4v) is 2.73. The summed E-state index contributed by atoms with van der Waals surface area (Å²) in [6, 6.07) is 2.03. The smallest absolute Gasteiger partial charge is 0.273 e. The summed E-state index contributed by atoms with van der Waals surface area (Å²) in [6.07, 6.45) is 1.45. The van der Waals surface area contributed by atoms with E-state index in [1.165, 1.54) is 5.06 Å². The maximum Gasteiger partial charge on any atom is 0.501 e. The van der Waals surface area contributed by atoms with Crippen molar-refractivity contribution >= 4 is 21.2 Å². The van der Waals surface area contributed by atoms with Crippen molar-refractivity contribution in [1.29, 1.82) is 0 Å². The van der Waals surface area contributed by atoms with Gasteiger partial charge in [0.1, 0.15) is 5.69 Å². The van der Waals surface area contributed by atoms with Gasteiger partial charge in [-0.25, -0.2) is 13.5 Å². The second kappa shape index (κ2) is 5.72. The number of anilines is 1. The molecule has 0 radical (unpaired) electrons. The minimum Gasteiger partial charge on any atom is -0.273 e. The average Bonchev–Trinajstić information content (AvgIpc) is 2.46. The number of sulfone groups is 1. The van der Waals surface area contributed by atoms with Crippen LogP contribution in [0.3, 0.4) is 0 Å². The highest BCUT2D eigenvalue weighted by atomic mass is 32.2. The summed E-state index contributed by atoms with van der Waals surface area (Å²) < 4.78 is 60.2. The zero-order chi connectivity index (χ0) is 16.5. The second-order valence-electron chi connectivity index (χ2n) is 4.50.